The highest BCUT2D eigenvalue weighted by atomic mass is 79.9. The number of pyridine rings is 1. The Hall–Kier alpha value is -0.940. The Morgan fingerprint density at radius 1 is 1.44 bits per heavy atom. The van der Waals surface area contributed by atoms with Crippen LogP contribution in [0.4, 0.5) is 0 Å². The summed E-state index contributed by atoms with van der Waals surface area (Å²) in [5.74, 6) is -0.137. The van der Waals surface area contributed by atoms with E-state index >= 15 is 0 Å². The molecule has 98 valence electrons. The molecule has 0 radical (unpaired) electrons. The Morgan fingerprint density at radius 2 is 2.17 bits per heavy atom. The van der Waals surface area contributed by atoms with E-state index < -0.39 is 6.10 Å². The highest BCUT2D eigenvalue weighted by molar-refractivity contribution is 9.10. The van der Waals surface area contributed by atoms with E-state index in [1.807, 2.05) is 0 Å². The molecule has 1 aliphatic rings. The number of rotatable bonds is 2. The second-order valence-electron chi connectivity index (χ2n) is 4.68. The number of aliphatic hydroxyl groups excluding tert-OH is 1. The molecule has 2 rings (SSSR count). The molecule has 18 heavy (non-hydrogen) atoms. The maximum absolute atomic E-state index is 12.3. The van der Waals surface area contributed by atoms with E-state index in [1.54, 1.807) is 30.1 Å². The average Bonchev–Trinajstić information content (AvgIpc) is 2.37. The van der Waals surface area contributed by atoms with Crippen molar-refractivity contribution in [2.75, 3.05) is 7.05 Å². The summed E-state index contributed by atoms with van der Waals surface area (Å²) >= 11 is 3.26. The zero-order valence-electron chi connectivity index (χ0n) is 10.3. The minimum absolute atomic E-state index is 0.0907. The fourth-order valence-electron chi connectivity index (χ4n) is 2.40. The van der Waals surface area contributed by atoms with Gasteiger partial charge in [0.25, 0.3) is 5.91 Å². The largest absolute Gasteiger partial charge is 0.391 e. The van der Waals surface area contributed by atoms with E-state index in [1.165, 1.54) is 0 Å². The second-order valence-corrected chi connectivity index (χ2v) is 5.49. The lowest BCUT2D eigenvalue weighted by Gasteiger charge is -2.35. The molecule has 1 saturated carbocycles. The number of likely N-dealkylation sites (N-methyl/N-ethyl adjacent to an activating group) is 1. The van der Waals surface area contributed by atoms with Gasteiger partial charge in [0.1, 0.15) is 10.3 Å². The topological polar surface area (TPSA) is 53.4 Å². The fourth-order valence-corrected chi connectivity index (χ4v) is 2.75. The first-order valence-corrected chi connectivity index (χ1v) is 6.96. The van der Waals surface area contributed by atoms with Crippen molar-refractivity contribution in [3.8, 4) is 0 Å². The van der Waals surface area contributed by atoms with Gasteiger partial charge in [-0.2, -0.15) is 0 Å². The molecule has 1 amide bonds. The van der Waals surface area contributed by atoms with Crippen LogP contribution in [0.3, 0.4) is 0 Å². The molecule has 1 N–H and O–H groups in total. The lowest BCUT2D eigenvalue weighted by atomic mass is 9.91. The van der Waals surface area contributed by atoms with Gasteiger partial charge in [-0.1, -0.05) is 18.9 Å². The first-order valence-electron chi connectivity index (χ1n) is 6.17. The number of aromatic nitrogens is 1. The van der Waals surface area contributed by atoms with Gasteiger partial charge >= 0.3 is 0 Å². The molecule has 1 aliphatic carbocycles. The van der Waals surface area contributed by atoms with Gasteiger partial charge in [-0.05, 0) is 40.9 Å². The maximum atomic E-state index is 12.3. The van der Waals surface area contributed by atoms with Crippen molar-refractivity contribution in [3.63, 3.8) is 0 Å². The van der Waals surface area contributed by atoms with Gasteiger partial charge < -0.3 is 10.0 Å². The molecule has 2 unspecified atom stereocenters. The minimum atomic E-state index is -0.417. The van der Waals surface area contributed by atoms with Crippen molar-refractivity contribution in [1.29, 1.82) is 0 Å². The first kappa shape index (κ1) is 13.5. The van der Waals surface area contributed by atoms with Crippen molar-refractivity contribution in [3.05, 3.63) is 28.5 Å². The number of nitrogens with zero attached hydrogens (tertiary/aromatic N) is 2. The molecule has 1 aromatic rings. The second kappa shape index (κ2) is 5.80. The van der Waals surface area contributed by atoms with Crippen LogP contribution in [-0.2, 0) is 0 Å². The Labute approximate surface area is 115 Å². The van der Waals surface area contributed by atoms with Gasteiger partial charge in [-0.25, -0.2) is 4.98 Å². The number of aliphatic hydroxyl groups is 1. The van der Waals surface area contributed by atoms with Crippen LogP contribution in [0.2, 0.25) is 0 Å². The zero-order valence-corrected chi connectivity index (χ0v) is 11.9. The molecule has 1 fully saturated rings. The molecule has 1 aromatic heterocycles. The summed E-state index contributed by atoms with van der Waals surface area (Å²) in [5.41, 5.74) is 0.407. The summed E-state index contributed by atoms with van der Waals surface area (Å²) in [6.07, 6.45) is 3.31. The molecule has 0 saturated heterocycles. The predicted octanol–water partition coefficient (Wildman–Crippen LogP) is 2.22. The summed E-state index contributed by atoms with van der Waals surface area (Å²) in [7, 11) is 1.74. The average molecular weight is 313 g/mol. The summed E-state index contributed by atoms with van der Waals surface area (Å²) in [6.45, 7) is 0. The normalized spacial score (nSPS) is 23.7. The van der Waals surface area contributed by atoms with Crippen LogP contribution in [0.1, 0.15) is 36.2 Å². The molecule has 1 heterocycles. The van der Waals surface area contributed by atoms with Crippen LogP contribution in [-0.4, -0.2) is 40.1 Å². The molecule has 0 aromatic carbocycles. The molecule has 4 nitrogen and oxygen atoms in total. The smallest absolute Gasteiger partial charge is 0.272 e. The summed E-state index contributed by atoms with van der Waals surface area (Å²) in [6, 6.07) is 5.17. The molecule has 0 aliphatic heterocycles. The van der Waals surface area contributed by atoms with Gasteiger partial charge in [-0.15, -0.1) is 0 Å². The molecule has 2 atom stereocenters. The van der Waals surface area contributed by atoms with Gasteiger partial charge in [0.2, 0.25) is 0 Å². The Kier molecular flexibility index (Phi) is 4.35. The van der Waals surface area contributed by atoms with E-state index in [0.717, 1.165) is 25.7 Å². The summed E-state index contributed by atoms with van der Waals surface area (Å²) in [4.78, 5) is 18.1. The van der Waals surface area contributed by atoms with Gasteiger partial charge in [0.15, 0.2) is 0 Å². The first-order chi connectivity index (χ1) is 8.59. The van der Waals surface area contributed by atoms with E-state index in [-0.39, 0.29) is 11.9 Å². The number of carbonyl (C=O) groups is 1. The van der Waals surface area contributed by atoms with E-state index in [4.69, 9.17) is 0 Å². The third-order valence-corrected chi connectivity index (χ3v) is 3.89. The van der Waals surface area contributed by atoms with Crippen molar-refractivity contribution >= 4 is 21.8 Å². The highest BCUT2D eigenvalue weighted by Crippen LogP contribution is 2.23. The number of hydrogen-bond donors (Lipinski definition) is 1. The van der Waals surface area contributed by atoms with Crippen molar-refractivity contribution < 1.29 is 9.90 Å². The van der Waals surface area contributed by atoms with Crippen LogP contribution in [0.5, 0.6) is 0 Å². The Morgan fingerprint density at radius 3 is 2.83 bits per heavy atom. The maximum Gasteiger partial charge on any atom is 0.272 e. The van der Waals surface area contributed by atoms with Crippen LogP contribution in [0.15, 0.2) is 22.8 Å². The van der Waals surface area contributed by atoms with Gasteiger partial charge in [0.05, 0.1) is 12.1 Å². The third kappa shape index (κ3) is 2.90. The SMILES string of the molecule is CN(C(=O)c1cccc(Br)n1)C1CCCCC1O. The molecular weight excluding hydrogens is 296 g/mol. The fraction of sp³-hybridized carbons (Fsp3) is 0.538. The quantitative estimate of drug-likeness (QED) is 0.852. The van der Waals surface area contributed by atoms with Crippen LogP contribution in [0.25, 0.3) is 0 Å². The van der Waals surface area contributed by atoms with E-state index in [0.29, 0.717) is 10.3 Å². The third-order valence-electron chi connectivity index (χ3n) is 3.45. The van der Waals surface area contributed by atoms with Gasteiger partial charge in [-0.3, -0.25) is 4.79 Å². The molecule has 5 heteroatoms. The number of halogens is 1. The standard InChI is InChI=1S/C13H17BrN2O2/c1-16(10-6-2-3-7-11(10)17)13(18)9-5-4-8-12(14)15-9/h4-5,8,10-11,17H,2-3,6-7H2,1H3. The minimum Gasteiger partial charge on any atom is -0.391 e. The lowest BCUT2D eigenvalue weighted by molar-refractivity contribution is 0.0264. The monoisotopic (exact) mass is 312 g/mol. The molecular formula is C13H17BrN2O2. The number of hydrogen-bond acceptors (Lipinski definition) is 3. The summed E-state index contributed by atoms with van der Waals surface area (Å²) in [5, 5.41) is 9.97. The van der Waals surface area contributed by atoms with Crippen molar-refractivity contribution in [1.82, 2.24) is 9.88 Å². The number of carbonyl (C=O) groups excluding carboxylic acids is 1. The van der Waals surface area contributed by atoms with Crippen molar-refractivity contribution in [2.45, 2.75) is 37.8 Å². The van der Waals surface area contributed by atoms with E-state index in [2.05, 4.69) is 20.9 Å². The van der Waals surface area contributed by atoms with E-state index in [9.17, 15) is 9.90 Å². The van der Waals surface area contributed by atoms with Crippen LogP contribution >= 0.6 is 15.9 Å². The Bertz CT molecular complexity index is 439. The zero-order chi connectivity index (χ0) is 13.1. The van der Waals surface area contributed by atoms with Crippen LogP contribution < -0.4 is 0 Å². The van der Waals surface area contributed by atoms with Crippen molar-refractivity contribution in [2.24, 2.45) is 0 Å². The predicted molar refractivity (Wildman–Crippen MR) is 72.3 cm³/mol. The molecule has 0 spiro atoms. The van der Waals surface area contributed by atoms with Crippen LogP contribution in [0, 0.1) is 0 Å². The lowest BCUT2D eigenvalue weighted by Crippen LogP contribution is -2.46. The summed E-state index contributed by atoms with van der Waals surface area (Å²) < 4.78 is 0.644. The van der Waals surface area contributed by atoms with Gasteiger partial charge in [0, 0.05) is 7.05 Å². The Balaban J connectivity index is 2.13. The number of amides is 1. The molecule has 0 bridgehead atoms. The highest BCUT2D eigenvalue weighted by Gasteiger charge is 2.30.